The van der Waals surface area contributed by atoms with Crippen LogP contribution in [0.25, 0.3) is 17.4 Å². The summed E-state index contributed by atoms with van der Waals surface area (Å²) in [5.74, 6) is -1.20. The Morgan fingerprint density at radius 3 is 2.53 bits per heavy atom. The molecule has 1 aliphatic heterocycles. The minimum Gasteiger partial charge on any atom is -0.457 e. The van der Waals surface area contributed by atoms with Crippen LogP contribution in [0.3, 0.4) is 0 Å². The van der Waals surface area contributed by atoms with Crippen molar-refractivity contribution in [2.75, 3.05) is 0 Å². The van der Waals surface area contributed by atoms with Crippen molar-refractivity contribution in [3.63, 3.8) is 0 Å². The highest BCUT2D eigenvalue weighted by Gasteiger charge is 2.35. The largest absolute Gasteiger partial charge is 0.457 e. The monoisotopic (exact) mass is 457 g/mol. The van der Waals surface area contributed by atoms with Gasteiger partial charge in [-0.15, -0.1) is 0 Å². The van der Waals surface area contributed by atoms with Crippen LogP contribution in [0.1, 0.15) is 18.2 Å². The minimum atomic E-state index is -0.733. The maximum atomic E-state index is 13.2. The van der Waals surface area contributed by atoms with E-state index in [0.29, 0.717) is 16.9 Å². The lowest BCUT2D eigenvalue weighted by Crippen LogP contribution is -2.42. The van der Waals surface area contributed by atoms with Gasteiger partial charge in [0, 0.05) is 23.3 Å². The van der Waals surface area contributed by atoms with E-state index in [-0.39, 0.29) is 34.7 Å². The van der Waals surface area contributed by atoms with Crippen molar-refractivity contribution in [2.45, 2.75) is 13.5 Å². The Hall–Kier alpha value is -4.84. The number of carbonyl (C=O) groups is 2. The molecule has 0 fully saturated rings. The summed E-state index contributed by atoms with van der Waals surface area (Å²) in [5, 5.41) is 20.6. The van der Waals surface area contributed by atoms with Crippen molar-refractivity contribution in [3.05, 3.63) is 105 Å². The van der Waals surface area contributed by atoms with Gasteiger partial charge in [-0.3, -0.25) is 24.6 Å². The highest BCUT2D eigenvalue weighted by Crippen LogP contribution is 2.31. The number of nitriles is 1. The van der Waals surface area contributed by atoms with Gasteiger partial charge in [-0.25, -0.2) is 4.39 Å². The highest BCUT2D eigenvalue weighted by molar-refractivity contribution is 6.19. The van der Waals surface area contributed by atoms with Gasteiger partial charge in [0.25, 0.3) is 17.5 Å². The molecule has 1 aromatic heterocycles. The average molecular weight is 457 g/mol. The van der Waals surface area contributed by atoms with Gasteiger partial charge >= 0.3 is 0 Å². The third kappa shape index (κ3) is 4.25. The second kappa shape index (κ2) is 8.96. The molecular weight excluding hydrogens is 441 g/mol. The first-order valence-corrected chi connectivity index (χ1v) is 10.1. The van der Waals surface area contributed by atoms with E-state index in [0.717, 1.165) is 4.90 Å². The number of imide groups is 1. The SMILES string of the molecule is CC1=C(C#N)C(=O)N(Cc2ccc(F)cc2)C(=O)/C1=C/c1ccc(-c2cccc([N+](=O)[O-])c2)o1. The van der Waals surface area contributed by atoms with Crippen LogP contribution in [0.2, 0.25) is 0 Å². The average Bonchev–Trinajstić information content (AvgIpc) is 3.30. The molecule has 0 radical (unpaired) electrons. The van der Waals surface area contributed by atoms with E-state index in [1.54, 1.807) is 18.2 Å². The summed E-state index contributed by atoms with van der Waals surface area (Å²) in [7, 11) is 0. The molecule has 0 bridgehead atoms. The molecule has 0 saturated heterocycles. The summed E-state index contributed by atoms with van der Waals surface area (Å²) >= 11 is 0. The minimum absolute atomic E-state index is 0.0938. The maximum absolute atomic E-state index is 13.2. The summed E-state index contributed by atoms with van der Waals surface area (Å²) < 4.78 is 19.0. The van der Waals surface area contributed by atoms with Crippen LogP contribution >= 0.6 is 0 Å². The zero-order chi connectivity index (χ0) is 24.4. The summed E-state index contributed by atoms with van der Waals surface area (Å²) in [6, 6.07) is 16.3. The van der Waals surface area contributed by atoms with E-state index in [1.165, 1.54) is 55.5 Å². The van der Waals surface area contributed by atoms with Crippen molar-refractivity contribution in [1.82, 2.24) is 4.90 Å². The number of amides is 2. The smallest absolute Gasteiger partial charge is 0.271 e. The van der Waals surface area contributed by atoms with Crippen LogP contribution in [0.15, 0.2) is 81.8 Å². The first kappa shape index (κ1) is 22.4. The third-order valence-electron chi connectivity index (χ3n) is 5.33. The Morgan fingerprint density at radius 1 is 1.12 bits per heavy atom. The zero-order valence-electron chi connectivity index (χ0n) is 17.8. The number of rotatable bonds is 5. The summed E-state index contributed by atoms with van der Waals surface area (Å²) in [4.78, 5) is 37.4. The second-order valence-corrected chi connectivity index (χ2v) is 7.50. The van der Waals surface area contributed by atoms with E-state index >= 15 is 0 Å². The van der Waals surface area contributed by atoms with E-state index in [4.69, 9.17) is 4.42 Å². The predicted molar refractivity (Wildman–Crippen MR) is 119 cm³/mol. The lowest BCUT2D eigenvalue weighted by Gasteiger charge is -2.27. The Morgan fingerprint density at radius 2 is 1.85 bits per heavy atom. The fourth-order valence-electron chi connectivity index (χ4n) is 3.55. The van der Waals surface area contributed by atoms with Crippen LogP contribution in [-0.4, -0.2) is 21.6 Å². The van der Waals surface area contributed by atoms with Gasteiger partial charge in [0.2, 0.25) is 0 Å². The molecule has 4 rings (SSSR count). The molecule has 168 valence electrons. The molecule has 0 aliphatic carbocycles. The number of benzene rings is 2. The van der Waals surface area contributed by atoms with Gasteiger partial charge < -0.3 is 4.42 Å². The van der Waals surface area contributed by atoms with E-state index in [2.05, 4.69) is 0 Å². The molecule has 2 heterocycles. The topological polar surface area (TPSA) is 117 Å². The Bertz CT molecular complexity index is 1430. The lowest BCUT2D eigenvalue weighted by atomic mass is 9.94. The molecule has 0 atom stereocenters. The molecule has 1 aliphatic rings. The van der Waals surface area contributed by atoms with Crippen LogP contribution < -0.4 is 0 Å². The van der Waals surface area contributed by atoms with Crippen molar-refractivity contribution in [3.8, 4) is 17.4 Å². The van der Waals surface area contributed by atoms with Gasteiger partial charge in [-0.05, 0) is 48.4 Å². The Balaban J connectivity index is 1.70. The standard InChI is InChI=1S/C25H16FN3O5/c1-15-21(12-20-9-10-23(34-20)17-3-2-4-19(11-17)29(32)33)24(30)28(25(31)22(15)13-27)14-16-5-7-18(26)8-6-16/h2-12H,14H2,1H3/b21-12+. The molecule has 0 unspecified atom stereocenters. The number of non-ortho nitro benzene ring substituents is 1. The van der Waals surface area contributed by atoms with E-state index < -0.39 is 22.6 Å². The third-order valence-corrected chi connectivity index (χ3v) is 5.33. The fourth-order valence-corrected chi connectivity index (χ4v) is 3.55. The van der Waals surface area contributed by atoms with Crippen LogP contribution in [0.4, 0.5) is 10.1 Å². The molecular formula is C25H16FN3O5. The first-order chi connectivity index (χ1) is 16.3. The quantitative estimate of drug-likeness (QED) is 0.235. The normalized spacial score (nSPS) is 15.1. The lowest BCUT2D eigenvalue weighted by molar-refractivity contribution is -0.384. The number of halogens is 1. The van der Waals surface area contributed by atoms with Crippen LogP contribution in [-0.2, 0) is 16.1 Å². The van der Waals surface area contributed by atoms with Gasteiger partial charge in [0.1, 0.15) is 29.0 Å². The Labute approximate surface area is 193 Å². The van der Waals surface area contributed by atoms with E-state index in [1.807, 2.05) is 6.07 Å². The number of nitro groups is 1. The number of nitrogens with zero attached hydrogens (tertiary/aromatic N) is 3. The molecule has 0 spiro atoms. The molecule has 0 N–H and O–H groups in total. The van der Waals surface area contributed by atoms with Crippen molar-refractivity contribution in [2.24, 2.45) is 0 Å². The number of hydrogen-bond donors (Lipinski definition) is 0. The first-order valence-electron chi connectivity index (χ1n) is 10.1. The van der Waals surface area contributed by atoms with Gasteiger partial charge in [0.15, 0.2) is 0 Å². The van der Waals surface area contributed by atoms with E-state index in [9.17, 15) is 29.4 Å². The molecule has 9 heteroatoms. The molecule has 2 aromatic carbocycles. The van der Waals surface area contributed by atoms with Crippen LogP contribution in [0.5, 0.6) is 0 Å². The number of hydrogen-bond acceptors (Lipinski definition) is 6. The fraction of sp³-hybridized carbons (Fsp3) is 0.0800. The molecule has 0 saturated carbocycles. The number of nitro benzene ring substituents is 1. The van der Waals surface area contributed by atoms with Crippen molar-refractivity contribution in [1.29, 1.82) is 5.26 Å². The van der Waals surface area contributed by atoms with Crippen molar-refractivity contribution < 1.29 is 23.3 Å². The zero-order valence-corrected chi connectivity index (χ0v) is 17.8. The number of furan rings is 1. The maximum Gasteiger partial charge on any atom is 0.271 e. The molecule has 8 nitrogen and oxygen atoms in total. The van der Waals surface area contributed by atoms with Gasteiger partial charge in [0.05, 0.1) is 11.5 Å². The summed E-state index contributed by atoms with van der Waals surface area (Å²) in [6.45, 7) is 1.37. The van der Waals surface area contributed by atoms with Gasteiger partial charge in [-0.1, -0.05) is 24.3 Å². The highest BCUT2D eigenvalue weighted by atomic mass is 19.1. The number of carbonyl (C=O) groups excluding carboxylic acids is 2. The molecule has 2 amide bonds. The predicted octanol–water partition coefficient (Wildman–Crippen LogP) is 4.79. The van der Waals surface area contributed by atoms with Crippen LogP contribution in [0, 0.1) is 27.3 Å². The molecule has 34 heavy (non-hydrogen) atoms. The second-order valence-electron chi connectivity index (χ2n) is 7.50. The summed E-state index contributed by atoms with van der Waals surface area (Å²) in [5.41, 5.74) is 1.03. The molecule has 3 aromatic rings. The van der Waals surface area contributed by atoms with Gasteiger partial charge in [-0.2, -0.15) is 5.26 Å². The van der Waals surface area contributed by atoms with Crippen molar-refractivity contribution >= 4 is 23.6 Å². The summed E-state index contributed by atoms with van der Waals surface area (Å²) in [6.07, 6.45) is 1.42. The Kier molecular flexibility index (Phi) is 5.89.